The Balaban J connectivity index is 1.68. The number of carbonyl (C=O) groups is 1. The van der Waals surface area contributed by atoms with Crippen molar-refractivity contribution in [1.29, 1.82) is 0 Å². The zero-order valence-corrected chi connectivity index (χ0v) is 16.6. The number of carbonyl (C=O) groups excluding carboxylic acids is 1. The second-order valence-electron chi connectivity index (χ2n) is 8.82. The molecule has 2 aliphatic carbocycles. The van der Waals surface area contributed by atoms with Gasteiger partial charge in [0.2, 0.25) is 0 Å². The summed E-state index contributed by atoms with van der Waals surface area (Å²) < 4.78 is 2.02. The summed E-state index contributed by atoms with van der Waals surface area (Å²) in [5.74, 6) is 0.241. The normalized spacial score (nSPS) is 24.2. The van der Waals surface area contributed by atoms with Crippen LogP contribution >= 0.6 is 0 Å². The van der Waals surface area contributed by atoms with Crippen molar-refractivity contribution in [3.05, 3.63) is 77.6 Å². The van der Waals surface area contributed by atoms with Crippen LogP contribution in [0.2, 0.25) is 0 Å². The molecule has 3 aromatic rings. The van der Waals surface area contributed by atoms with Crippen molar-refractivity contribution in [2.75, 3.05) is 5.32 Å². The summed E-state index contributed by atoms with van der Waals surface area (Å²) in [5.41, 5.74) is 4.88. The van der Waals surface area contributed by atoms with Gasteiger partial charge in [-0.1, -0.05) is 57.2 Å². The first-order chi connectivity index (χ1) is 13.4. The molecule has 1 fully saturated rings. The molecule has 142 valence electrons. The minimum atomic E-state index is -0.121. The Morgan fingerprint density at radius 1 is 1.04 bits per heavy atom. The molecular weight excluding hydrogens is 346 g/mol. The second-order valence-corrected chi connectivity index (χ2v) is 8.82. The fourth-order valence-electron chi connectivity index (χ4n) is 5.36. The van der Waals surface area contributed by atoms with Gasteiger partial charge in [-0.2, -0.15) is 5.10 Å². The number of nitrogens with one attached hydrogen (secondary N) is 1. The van der Waals surface area contributed by atoms with E-state index in [4.69, 9.17) is 5.10 Å². The van der Waals surface area contributed by atoms with Crippen LogP contribution in [0.4, 0.5) is 5.69 Å². The zero-order valence-electron chi connectivity index (χ0n) is 16.6. The third kappa shape index (κ3) is 2.17. The summed E-state index contributed by atoms with van der Waals surface area (Å²) in [6, 6.07) is 19.8. The van der Waals surface area contributed by atoms with Gasteiger partial charge in [0, 0.05) is 16.7 Å². The maximum Gasteiger partial charge on any atom is 0.276 e. The highest BCUT2D eigenvalue weighted by molar-refractivity contribution is 6.04. The van der Waals surface area contributed by atoms with E-state index < -0.39 is 0 Å². The van der Waals surface area contributed by atoms with Crippen LogP contribution in [0, 0.1) is 5.41 Å². The molecule has 2 bridgehead atoms. The molecule has 2 aromatic carbocycles. The van der Waals surface area contributed by atoms with Gasteiger partial charge in [0.1, 0.15) is 0 Å². The smallest absolute Gasteiger partial charge is 0.276 e. The molecule has 1 saturated carbocycles. The molecule has 28 heavy (non-hydrogen) atoms. The highest BCUT2D eigenvalue weighted by Crippen LogP contribution is 2.68. The van der Waals surface area contributed by atoms with Crippen LogP contribution in [0.25, 0.3) is 5.69 Å². The molecule has 0 radical (unpaired) electrons. The number of fused-ring (bicyclic) bond motifs is 5. The first kappa shape index (κ1) is 17.2. The summed E-state index contributed by atoms with van der Waals surface area (Å²) >= 11 is 0. The van der Waals surface area contributed by atoms with Crippen molar-refractivity contribution in [1.82, 2.24) is 9.78 Å². The molecule has 1 aromatic heterocycles. The highest BCUT2D eigenvalue weighted by Gasteiger charge is 2.63. The number of anilines is 1. The largest absolute Gasteiger partial charge is 0.321 e. The highest BCUT2D eigenvalue weighted by atomic mass is 16.2. The van der Waals surface area contributed by atoms with Crippen LogP contribution in [-0.2, 0) is 5.41 Å². The van der Waals surface area contributed by atoms with Crippen LogP contribution in [0.1, 0.15) is 61.3 Å². The van der Waals surface area contributed by atoms with Crippen LogP contribution in [0.15, 0.2) is 60.7 Å². The number of benzene rings is 2. The van der Waals surface area contributed by atoms with E-state index in [1.54, 1.807) is 0 Å². The standard InChI is InChI=1S/C24H25N3O/c1-23(2)18-14-15-24(23,3)21-19(18)20(22(28)25-16-10-6-4-7-11-16)26-27(21)17-12-8-5-9-13-17/h4-13,18H,14-15H2,1-3H3,(H,25,28)/t18-,24-/m0/s1. The topological polar surface area (TPSA) is 46.9 Å². The molecule has 2 atom stereocenters. The van der Waals surface area contributed by atoms with Crippen molar-refractivity contribution < 1.29 is 4.79 Å². The van der Waals surface area contributed by atoms with Gasteiger partial charge < -0.3 is 5.32 Å². The fourth-order valence-corrected chi connectivity index (χ4v) is 5.36. The van der Waals surface area contributed by atoms with E-state index in [9.17, 15) is 4.79 Å². The maximum absolute atomic E-state index is 13.2. The van der Waals surface area contributed by atoms with Gasteiger partial charge in [0.25, 0.3) is 5.91 Å². The predicted molar refractivity (Wildman–Crippen MR) is 111 cm³/mol. The first-order valence-corrected chi connectivity index (χ1v) is 9.99. The molecular formula is C24H25N3O. The van der Waals surface area contributed by atoms with Crippen molar-refractivity contribution >= 4 is 11.6 Å². The monoisotopic (exact) mass is 371 g/mol. The Labute approximate surface area is 165 Å². The Hall–Kier alpha value is -2.88. The van der Waals surface area contributed by atoms with E-state index in [1.807, 2.05) is 53.2 Å². The molecule has 4 heteroatoms. The van der Waals surface area contributed by atoms with Crippen LogP contribution < -0.4 is 5.32 Å². The molecule has 0 unspecified atom stereocenters. The number of para-hydroxylation sites is 2. The SMILES string of the molecule is CC1(C)[C@H]2CC[C@@]1(C)c1c2c(C(=O)Nc2ccccc2)nn1-c1ccccc1. The van der Waals surface area contributed by atoms with Crippen molar-refractivity contribution in [3.8, 4) is 5.69 Å². The number of hydrogen-bond acceptors (Lipinski definition) is 2. The van der Waals surface area contributed by atoms with E-state index in [1.165, 1.54) is 5.69 Å². The van der Waals surface area contributed by atoms with E-state index in [0.717, 1.165) is 29.8 Å². The quantitative estimate of drug-likeness (QED) is 0.679. The minimum absolute atomic E-state index is 0.0150. The summed E-state index contributed by atoms with van der Waals surface area (Å²) in [6.07, 6.45) is 2.25. The number of hydrogen-bond donors (Lipinski definition) is 1. The molecule has 0 aliphatic heterocycles. The van der Waals surface area contributed by atoms with E-state index in [-0.39, 0.29) is 16.7 Å². The maximum atomic E-state index is 13.2. The van der Waals surface area contributed by atoms with E-state index in [2.05, 4.69) is 38.2 Å². The average molecular weight is 371 g/mol. The zero-order chi connectivity index (χ0) is 19.5. The summed E-state index contributed by atoms with van der Waals surface area (Å²) in [6.45, 7) is 7.04. The van der Waals surface area contributed by atoms with Crippen LogP contribution in [0.5, 0.6) is 0 Å². The Morgan fingerprint density at radius 2 is 1.68 bits per heavy atom. The van der Waals surface area contributed by atoms with Gasteiger partial charge in [-0.05, 0) is 48.4 Å². The number of amides is 1. The van der Waals surface area contributed by atoms with Gasteiger partial charge in [0.05, 0.1) is 11.4 Å². The lowest BCUT2D eigenvalue weighted by Gasteiger charge is -2.35. The Kier molecular flexibility index (Phi) is 3.57. The lowest BCUT2D eigenvalue weighted by atomic mass is 9.70. The van der Waals surface area contributed by atoms with Gasteiger partial charge in [-0.25, -0.2) is 4.68 Å². The molecule has 1 heterocycles. The Bertz CT molecular complexity index is 1050. The summed E-state index contributed by atoms with van der Waals surface area (Å²) in [4.78, 5) is 13.2. The Morgan fingerprint density at radius 3 is 2.36 bits per heavy atom. The second kappa shape index (κ2) is 5.81. The van der Waals surface area contributed by atoms with Gasteiger partial charge in [0.15, 0.2) is 5.69 Å². The van der Waals surface area contributed by atoms with Crippen molar-refractivity contribution in [2.45, 2.75) is 44.9 Å². The summed E-state index contributed by atoms with van der Waals surface area (Å²) in [5, 5.41) is 7.89. The van der Waals surface area contributed by atoms with Crippen molar-refractivity contribution in [3.63, 3.8) is 0 Å². The lowest BCUT2D eigenvalue weighted by molar-refractivity contribution is 0.101. The molecule has 0 spiro atoms. The van der Waals surface area contributed by atoms with Crippen LogP contribution in [-0.4, -0.2) is 15.7 Å². The molecule has 1 amide bonds. The molecule has 5 rings (SSSR count). The predicted octanol–water partition coefficient (Wildman–Crippen LogP) is 5.30. The minimum Gasteiger partial charge on any atom is -0.321 e. The average Bonchev–Trinajstić information content (AvgIpc) is 3.26. The number of rotatable bonds is 3. The van der Waals surface area contributed by atoms with Gasteiger partial charge >= 0.3 is 0 Å². The van der Waals surface area contributed by atoms with E-state index >= 15 is 0 Å². The molecule has 0 saturated heterocycles. The van der Waals surface area contributed by atoms with Crippen molar-refractivity contribution in [2.24, 2.45) is 5.41 Å². The van der Waals surface area contributed by atoms with E-state index in [0.29, 0.717) is 11.6 Å². The molecule has 4 nitrogen and oxygen atoms in total. The summed E-state index contributed by atoms with van der Waals surface area (Å²) in [7, 11) is 0. The first-order valence-electron chi connectivity index (χ1n) is 9.99. The third-order valence-corrected chi connectivity index (χ3v) is 7.27. The molecule has 2 aliphatic rings. The van der Waals surface area contributed by atoms with Gasteiger partial charge in [-0.15, -0.1) is 0 Å². The number of nitrogens with zero attached hydrogens (tertiary/aromatic N) is 2. The third-order valence-electron chi connectivity index (χ3n) is 7.27. The van der Waals surface area contributed by atoms with Gasteiger partial charge in [-0.3, -0.25) is 4.79 Å². The number of aromatic nitrogens is 2. The molecule has 1 N–H and O–H groups in total. The lowest BCUT2D eigenvalue weighted by Crippen LogP contribution is -2.33. The van der Waals surface area contributed by atoms with Crippen LogP contribution in [0.3, 0.4) is 0 Å². The fraction of sp³-hybridized carbons (Fsp3) is 0.333.